The van der Waals surface area contributed by atoms with E-state index in [1.54, 1.807) is 12.1 Å². The molecule has 1 nitrogen and oxygen atoms in total. The first kappa shape index (κ1) is 11.0. The van der Waals surface area contributed by atoms with Crippen LogP contribution in [-0.2, 0) is 5.41 Å². The summed E-state index contributed by atoms with van der Waals surface area (Å²) in [6.07, 6.45) is -2.94. The molecule has 0 bridgehead atoms. The highest BCUT2D eigenvalue weighted by atomic mass is 79.9. The van der Waals surface area contributed by atoms with Gasteiger partial charge in [-0.3, -0.25) is 0 Å². The molecule has 1 N–H and O–H groups in total. The number of aliphatic hydroxyl groups excluding tert-OH is 1. The second-order valence-corrected chi connectivity index (χ2v) is 4.86. The molecule has 1 aliphatic carbocycles. The molecule has 0 amide bonds. The van der Waals surface area contributed by atoms with Gasteiger partial charge in [0.2, 0.25) is 0 Å². The zero-order valence-corrected chi connectivity index (χ0v) is 9.55. The smallest absolute Gasteiger partial charge is 0.264 e. The van der Waals surface area contributed by atoms with Gasteiger partial charge in [0.25, 0.3) is 6.43 Å². The van der Waals surface area contributed by atoms with Crippen molar-refractivity contribution >= 4 is 15.9 Å². The number of hydrogen-bond donors (Lipinski definition) is 1. The molecule has 0 aliphatic heterocycles. The third kappa shape index (κ3) is 1.93. The van der Waals surface area contributed by atoms with Crippen LogP contribution >= 0.6 is 15.9 Å². The number of halogens is 3. The summed E-state index contributed by atoms with van der Waals surface area (Å²) in [4.78, 5) is 0. The van der Waals surface area contributed by atoms with Crippen LogP contribution < -0.4 is 0 Å². The molecule has 0 spiro atoms. The van der Waals surface area contributed by atoms with Crippen molar-refractivity contribution in [3.05, 3.63) is 34.3 Å². The van der Waals surface area contributed by atoms with Crippen molar-refractivity contribution in [2.45, 2.75) is 30.8 Å². The predicted octanol–water partition coefficient (Wildman–Crippen LogP) is 3.11. The monoisotopic (exact) mass is 276 g/mol. The maximum absolute atomic E-state index is 12.5. The molecule has 0 heterocycles. The van der Waals surface area contributed by atoms with Gasteiger partial charge in [-0.1, -0.05) is 28.1 Å². The van der Waals surface area contributed by atoms with Gasteiger partial charge in [0.05, 0.1) is 0 Å². The lowest BCUT2D eigenvalue weighted by atomic mass is 9.90. The van der Waals surface area contributed by atoms with E-state index in [4.69, 9.17) is 0 Å². The van der Waals surface area contributed by atoms with E-state index >= 15 is 0 Å². The highest BCUT2D eigenvalue weighted by Gasteiger charge is 2.53. The number of alkyl halides is 2. The van der Waals surface area contributed by atoms with Crippen LogP contribution in [0.15, 0.2) is 28.7 Å². The van der Waals surface area contributed by atoms with Crippen LogP contribution in [0.5, 0.6) is 0 Å². The Balaban J connectivity index is 2.26. The molecule has 1 atom stereocenters. The van der Waals surface area contributed by atoms with Crippen LogP contribution in [0, 0.1) is 0 Å². The quantitative estimate of drug-likeness (QED) is 0.900. The summed E-state index contributed by atoms with van der Waals surface area (Å²) < 4.78 is 25.8. The third-order valence-electron chi connectivity index (χ3n) is 3.01. The van der Waals surface area contributed by atoms with E-state index in [1.807, 2.05) is 12.1 Å². The second kappa shape index (κ2) is 3.83. The molecular formula is C11H11BrF2O. The summed E-state index contributed by atoms with van der Waals surface area (Å²) in [6, 6.07) is 7.21. The van der Waals surface area contributed by atoms with E-state index in [0.29, 0.717) is 12.8 Å². The van der Waals surface area contributed by atoms with E-state index in [1.165, 1.54) is 0 Å². The molecule has 0 aromatic heterocycles. The zero-order valence-electron chi connectivity index (χ0n) is 7.96. The molecule has 2 rings (SSSR count). The topological polar surface area (TPSA) is 20.2 Å². The van der Waals surface area contributed by atoms with Crippen molar-refractivity contribution < 1.29 is 13.9 Å². The first-order valence-corrected chi connectivity index (χ1v) is 5.58. The van der Waals surface area contributed by atoms with Crippen LogP contribution in [0.4, 0.5) is 8.78 Å². The highest BCUT2D eigenvalue weighted by molar-refractivity contribution is 9.10. The van der Waals surface area contributed by atoms with Crippen LogP contribution in [0.3, 0.4) is 0 Å². The van der Waals surface area contributed by atoms with Crippen molar-refractivity contribution in [3.8, 4) is 0 Å². The fourth-order valence-corrected chi connectivity index (χ4v) is 2.18. The van der Waals surface area contributed by atoms with Crippen molar-refractivity contribution in [3.63, 3.8) is 0 Å². The molecule has 82 valence electrons. The summed E-state index contributed by atoms with van der Waals surface area (Å²) in [5, 5.41) is 9.48. The van der Waals surface area contributed by atoms with Gasteiger partial charge in [-0.25, -0.2) is 8.78 Å². The SMILES string of the molecule is OC(C(F)F)C1(c2ccc(Br)cc2)CC1. The fourth-order valence-electron chi connectivity index (χ4n) is 1.91. The number of rotatable bonds is 3. The van der Waals surface area contributed by atoms with Gasteiger partial charge in [0.15, 0.2) is 0 Å². The maximum Gasteiger partial charge on any atom is 0.264 e. The fraction of sp³-hybridized carbons (Fsp3) is 0.455. The van der Waals surface area contributed by atoms with Crippen molar-refractivity contribution in [2.24, 2.45) is 0 Å². The average molecular weight is 277 g/mol. The average Bonchev–Trinajstić information content (AvgIpc) is 2.99. The Hall–Kier alpha value is -0.480. The molecule has 4 heteroatoms. The Morgan fingerprint density at radius 2 is 1.73 bits per heavy atom. The minimum Gasteiger partial charge on any atom is -0.386 e. The minimum atomic E-state index is -2.67. The number of benzene rings is 1. The Morgan fingerprint density at radius 3 is 2.13 bits per heavy atom. The third-order valence-corrected chi connectivity index (χ3v) is 3.54. The van der Waals surface area contributed by atoms with E-state index in [9.17, 15) is 13.9 Å². The Morgan fingerprint density at radius 1 is 1.20 bits per heavy atom. The van der Waals surface area contributed by atoms with Crippen LogP contribution in [-0.4, -0.2) is 17.6 Å². The van der Waals surface area contributed by atoms with Gasteiger partial charge in [-0.2, -0.15) is 0 Å². The molecule has 1 aromatic rings. The Bertz CT molecular complexity index is 346. The predicted molar refractivity (Wildman–Crippen MR) is 57.1 cm³/mol. The zero-order chi connectivity index (χ0) is 11.1. The largest absolute Gasteiger partial charge is 0.386 e. The summed E-state index contributed by atoms with van der Waals surface area (Å²) in [5.74, 6) is 0. The molecule has 0 radical (unpaired) electrons. The van der Waals surface area contributed by atoms with Gasteiger partial charge < -0.3 is 5.11 Å². The molecule has 1 aromatic carbocycles. The first-order chi connectivity index (χ1) is 7.06. The summed E-state index contributed by atoms with van der Waals surface area (Å²) in [6.45, 7) is 0. The van der Waals surface area contributed by atoms with Crippen LogP contribution in [0.25, 0.3) is 0 Å². The molecule has 1 unspecified atom stereocenters. The van der Waals surface area contributed by atoms with E-state index < -0.39 is 17.9 Å². The van der Waals surface area contributed by atoms with E-state index in [-0.39, 0.29) is 0 Å². The summed E-state index contributed by atoms with van der Waals surface area (Å²) in [5.41, 5.74) is 0.105. The van der Waals surface area contributed by atoms with Crippen LogP contribution in [0.1, 0.15) is 18.4 Å². The Labute approximate surface area is 95.2 Å². The Kier molecular flexibility index (Phi) is 2.81. The first-order valence-electron chi connectivity index (χ1n) is 4.78. The summed E-state index contributed by atoms with van der Waals surface area (Å²) in [7, 11) is 0. The lowest BCUT2D eigenvalue weighted by Gasteiger charge is -2.21. The molecule has 1 saturated carbocycles. The normalized spacial score (nSPS) is 20.3. The number of aliphatic hydroxyl groups is 1. The minimum absolute atomic E-state index is 0.639. The van der Waals surface area contributed by atoms with Crippen molar-refractivity contribution in [1.82, 2.24) is 0 Å². The lowest BCUT2D eigenvalue weighted by molar-refractivity contribution is -0.0270. The van der Waals surface area contributed by atoms with Gasteiger partial charge in [0.1, 0.15) is 6.10 Å². The van der Waals surface area contributed by atoms with Gasteiger partial charge >= 0.3 is 0 Å². The highest BCUT2D eigenvalue weighted by Crippen LogP contribution is 2.52. The lowest BCUT2D eigenvalue weighted by Crippen LogP contribution is -2.32. The van der Waals surface area contributed by atoms with Crippen molar-refractivity contribution in [2.75, 3.05) is 0 Å². The van der Waals surface area contributed by atoms with Gasteiger partial charge in [-0.15, -0.1) is 0 Å². The van der Waals surface area contributed by atoms with Crippen molar-refractivity contribution in [1.29, 1.82) is 0 Å². The number of hydrogen-bond acceptors (Lipinski definition) is 1. The van der Waals surface area contributed by atoms with Crippen LogP contribution in [0.2, 0.25) is 0 Å². The molecule has 0 saturated heterocycles. The summed E-state index contributed by atoms with van der Waals surface area (Å²) >= 11 is 3.29. The molecule has 15 heavy (non-hydrogen) atoms. The molecular weight excluding hydrogens is 266 g/mol. The maximum atomic E-state index is 12.5. The molecule has 1 fully saturated rings. The van der Waals surface area contributed by atoms with Gasteiger partial charge in [-0.05, 0) is 30.5 Å². The second-order valence-electron chi connectivity index (χ2n) is 3.94. The standard InChI is InChI=1S/C11H11BrF2O/c12-8-3-1-7(2-4-8)11(5-6-11)9(15)10(13)14/h1-4,9-10,15H,5-6H2. The van der Waals surface area contributed by atoms with E-state index in [0.717, 1.165) is 10.0 Å². The van der Waals surface area contributed by atoms with E-state index in [2.05, 4.69) is 15.9 Å². The molecule has 1 aliphatic rings. The van der Waals surface area contributed by atoms with Gasteiger partial charge in [0, 0.05) is 9.89 Å².